The highest BCUT2D eigenvalue weighted by atomic mass is 16.1. The Bertz CT molecular complexity index is 849. The third kappa shape index (κ3) is 1.66. The molecule has 0 bridgehead atoms. The van der Waals surface area contributed by atoms with E-state index in [1.165, 1.54) is 17.4 Å². The van der Waals surface area contributed by atoms with E-state index in [2.05, 4.69) is 15.0 Å². The smallest absolute Gasteiger partial charge is 0.282 e. The maximum absolute atomic E-state index is 12.5. The zero-order valence-electron chi connectivity index (χ0n) is 11.0. The molecule has 5 nitrogen and oxygen atoms in total. The number of nitrogens with zero attached hydrogens (tertiary/aromatic N) is 4. The van der Waals surface area contributed by atoms with Gasteiger partial charge < -0.3 is 4.90 Å². The SMILES string of the molecule is O=c1c2ccccc2nc2ccc(N3CCCC3)nn12. The summed E-state index contributed by atoms with van der Waals surface area (Å²) >= 11 is 0. The van der Waals surface area contributed by atoms with Gasteiger partial charge in [0.1, 0.15) is 5.82 Å². The molecule has 0 spiro atoms. The molecule has 1 aliphatic heterocycles. The lowest BCUT2D eigenvalue weighted by Gasteiger charge is -2.16. The molecule has 1 aromatic carbocycles. The fourth-order valence-electron chi connectivity index (χ4n) is 2.75. The minimum atomic E-state index is -0.105. The highest BCUT2D eigenvalue weighted by Gasteiger charge is 2.15. The van der Waals surface area contributed by atoms with Gasteiger partial charge in [-0.05, 0) is 37.1 Å². The Morgan fingerprint density at radius 2 is 1.80 bits per heavy atom. The Morgan fingerprint density at radius 3 is 2.65 bits per heavy atom. The van der Waals surface area contributed by atoms with Crippen LogP contribution in [0.1, 0.15) is 12.8 Å². The number of hydrogen-bond acceptors (Lipinski definition) is 4. The summed E-state index contributed by atoms with van der Waals surface area (Å²) in [6.07, 6.45) is 2.37. The van der Waals surface area contributed by atoms with Gasteiger partial charge in [0.25, 0.3) is 5.56 Å². The second-order valence-corrected chi connectivity index (χ2v) is 5.09. The summed E-state index contributed by atoms with van der Waals surface area (Å²) in [5, 5.41) is 5.08. The average molecular weight is 266 g/mol. The van der Waals surface area contributed by atoms with E-state index in [0.717, 1.165) is 18.9 Å². The third-order valence-electron chi connectivity index (χ3n) is 3.79. The average Bonchev–Trinajstić information content (AvgIpc) is 3.02. The molecule has 0 N–H and O–H groups in total. The molecule has 100 valence electrons. The van der Waals surface area contributed by atoms with Crippen LogP contribution in [0.25, 0.3) is 16.6 Å². The summed E-state index contributed by atoms with van der Waals surface area (Å²) in [4.78, 5) is 19.2. The van der Waals surface area contributed by atoms with Crippen molar-refractivity contribution in [1.29, 1.82) is 0 Å². The second-order valence-electron chi connectivity index (χ2n) is 5.09. The Kier molecular flexibility index (Phi) is 2.45. The van der Waals surface area contributed by atoms with E-state index < -0.39 is 0 Å². The molecular weight excluding hydrogens is 252 g/mol. The van der Waals surface area contributed by atoms with Gasteiger partial charge in [0.05, 0.1) is 10.9 Å². The first-order valence-electron chi connectivity index (χ1n) is 6.87. The number of aromatic nitrogens is 3. The van der Waals surface area contributed by atoms with Crippen molar-refractivity contribution in [3.63, 3.8) is 0 Å². The summed E-state index contributed by atoms with van der Waals surface area (Å²) in [6.45, 7) is 2.02. The quantitative estimate of drug-likeness (QED) is 0.631. The highest BCUT2D eigenvalue weighted by molar-refractivity contribution is 5.79. The zero-order chi connectivity index (χ0) is 13.5. The summed E-state index contributed by atoms with van der Waals surface area (Å²) in [6, 6.07) is 11.2. The predicted molar refractivity (Wildman–Crippen MR) is 78.2 cm³/mol. The summed E-state index contributed by atoms with van der Waals surface area (Å²) in [5.41, 5.74) is 1.21. The fourth-order valence-corrected chi connectivity index (χ4v) is 2.75. The van der Waals surface area contributed by atoms with Crippen LogP contribution in [0.2, 0.25) is 0 Å². The molecule has 1 aliphatic rings. The summed E-state index contributed by atoms with van der Waals surface area (Å²) < 4.78 is 1.41. The van der Waals surface area contributed by atoms with E-state index in [-0.39, 0.29) is 5.56 Å². The standard InChI is InChI=1S/C15H14N4O/c20-15-11-5-1-2-6-12(11)16-13-7-8-14(17-19(13)15)18-9-3-4-10-18/h1-2,5-8H,3-4,9-10H2. The first-order chi connectivity index (χ1) is 9.83. The molecule has 0 unspecified atom stereocenters. The molecule has 2 aromatic heterocycles. The lowest BCUT2D eigenvalue weighted by molar-refractivity contribution is 0.832. The maximum atomic E-state index is 12.5. The Labute approximate surface area is 115 Å². The van der Waals surface area contributed by atoms with Crippen molar-refractivity contribution in [3.8, 4) is 0 Å². The van der Waals surface area contributed by atoms with Gasteiger partial charge in [-0.3, -0.25) is 4.79 Å². The number of fused-ring (bicyclic) bond motifs is 2. The highest BCUT2D eigenvalue weighted by Crippen LogP contribution is 2.17. The molecule has 0 aliphatic carbocycles. The van der Waals surface area contributed by atoms with Crippen molar-refractivity contribution in [2.45, 2.75) is 12.8 Å². The van der Waals surface area contributed by atoms with Gasteiger partial charge in [-0.15, -0.1) is 5.10 Å². The van der Waals surface area contributed by atoms with Crippen molar-refractivity contribution in [3.05, 3.63) is 46.8 Å². The molecule has 1 fully saturated rings. The fraction of sp³-hybridized carbons (Fsp3) is 0.267. The van der Waals surface area contributed by atoms with Gasteiger partial charge in [0.15, 0.2) is 5.65 Å². The van der Waals surface area contributed by atoms with Crippen molar-refractivity contribution in [2.24, 2.45) is 0 Å². The van der Waals surface area contributed by atoms with Gasteiger partial charge in [-0.2, -0.15) is 4.52 Å². The Hall–Kier alpha value is -2.43. The van der Waals surface area contributed by atoms with Gasteiger partial charge in [0, 0.05) is 13.1 Å². The van der Waals surface area contributed by atoms with Crippen LogP contribution in [0.4, 0.5) is 5.82 Å². The molecule has 20 heavy (non-hydrogen) atoms. The normalized spacial score (nSPS) is 15.3. The molecule has 3 heterocycles. The molecule has 4 rings (SSSR count). The van der Waals surface area contributed by atoms with Crippen LogP contribution in [-0.4, -0.2) is 27.7 Å². The van der Waals surface area contributed by atoms with Crippen LogP contribution in [0.5, 0.6) is 0 Å². The largest absolute Gasteiger partial charge is 0.355 e. The van der Waals surface area contributed by atoms with Crippen LogP contribution < -0.4 is 10.5 Å². The van der Waals surface area contributed by atoms with Crippen molar-refractivity contribution in [1.82, 2.24) is 14.6 Å². The van der Waals surface area contributed by atoms with Crippen molar-refractivity contribution < 1.29 is 0 Å². The van der Waals surface area contributed by atoms with E-state index in [1.54, 1.807) is 6.07 Å². The number of anilines is 1. The first kappa shape index (κ1) is 11.4. The molecule has 3 aromatic rings. The lowest BCUT2D eigenvalue weighted by atomic mass is 10.2. The second kappa shape index (κ2) is 4.30. The Balaban J connectivity index is 1.99. The molecule has 5 heteroatoms. The summed E-state index contributed by atoms with van der Waals surface area (Å²) in [7, 11) is 0. The van der Waals surface area contributed by atoms with E-state index in [0.29, 0.717) is 16.6 Å². The van der Waals surface area contributed by atoms with Crippen LogP contribution in [0.15, 0.2) is 41.2 Å². The van der Waals surface area contributed by atoms with Gasteiger partial charge in [-0.1, -0.05) is 12.1 Å². The number of hydrogen-bond donors (Lipinski definition) is 0. The first-order valence-corrected chi connectivity index (χ1v) is 6.87. The molecular formula is C15H14N4O. The Morgan fingerprint density at radius 1 is 1.00 bits per heavy atom. The molecule has 0 saturated carbocycles. The summed E-state index contributed by atoms with van der Waals surface area (Å²) in [5.74, 6) is 0.856. The lowest BCUT2D eigenvalue weighted by Crippen LogP contribution is -2.24. The molecule has 1 saturated heterocycles. The van der Waals surface area contributed by atoms with E-state index in [4.69, 9.17) is 0 Å². The number of rotatable bonds is 1. The molecule has 0 amide bonds. The van der Waals surface area contributed by atoms with Gasteiger partial charge in [0.2, 0.25) is 0 Å². The van der Waals surface area contributed by atoms with Crippen molar-refractivity contribution >= 4 is 22.4 Å². The van der Waals surface area contributed by atoms with Crippen LogP contribution in [0, 0.1) is 0 Å². The molecule has 0 radical (unpaired) electrons. The van der Waals surface area contributed by atoms with Gasteiger partial charge in [-0.25, -0.2) is 4.98 Å². The minimum Gasteiger partial charge on any atom is -0.355 e. The molecule has 0 atom stereocenters. The third-order valence-corrected chi connectivity index (χ3v) is 3.79. The zero-order valence-corrected chi connectivity index (χ0v) is 11.0. The van der Waals surface area contributed by atoms with Crippen LogP contribution >= 0.6 is 0 Å². The topological polar surface area (TPSA) is 50.5 Å². The monoisotopic (exact) mass is 266 g/mol. The maximum Gasteiger partial charge on any atom is 0.282 e. The van der Waals surface area contributed by atoms with Gasteiger partial charge >= 0.3 is 0 Å². The van der Waals surface area contributed by atoms with E-state index >= 15 is 0 Å². The minimum absolute atomic E-state index is 0.105. The number of para-hydroxylation sites is 1. The predicted octanol–water partition coefficient (Wildman–Crippen LogP) is 1.84. The number of benzene rings is 1. The van der Waals surface area contributed by atoms with Crippen LogP contribution in [0.3, 0.4) is 0 Å². The van der Waals surface area contributed by atoms with E-state index in [1.807, 2.05) is 30.3 Å². The van der Waals surface area contributed by atoms with Crippen LogP contribution in [-0.2, 0) is 0 Å². The van der Waals surface area contributed by atoms with Crippen molar-refractivity contribution in [2.75, 3.05) is 18.0 Å². The van der Waals surface area contributed by atoms with E-state index in [9.17, 15) is 4.79 Å².